The molecular formula is C8H20N4O2S. The summed E-state index contributed by atoms with van der Waals surface area (Å²) >= 11 is 0. The third-order valence-corrected chi connectivity index (χ3v) is 3.25. The van der Waals surface area contributed by atoms with E-state index in [2.05, 4.69) is 4.72 Å². The van der Waals surface area contributed by atoms with E-state index in [0.717, 1.165) is 6.42 Å². The Bertz CT molecular complexity index is 289. The molecule has 0 bridgehead atoms. The van der Waals surface area contributed by atoms with Crippen molar-refractivity contribution in [3.8, 4) is 0 Å². The van der Waals surface area contributed by atoms with Crippen molar-refractivity contribution in [3.05, 3.63) is 0 Å². The summed E-state index contributed by atoms with van der Waals surface area (Å²) < 4.78 is 27.0. The van der Waals surface area contributed by atoms with Gasteiger partial charge in [-0.15, -0.1) is 0 Å². The molecule has 0 saturated carbocycles. The minimum atomic E-state index is -3.48. The van der Waals surface area contributed by atoms with Gasteiger partial charge in [-0.1, -0.05) is 13.8 Å². The molecule has 0 aromatic heterocycles. The highest BCUT2D eigenvalue weighted by Crippen LogP contribution is 1.99. The summed E-state index contributed by atoms with van der Waals surface area (Å²) in [6.45, 7) is 4.49. The number of nitrogens with one attached hydrogen (secondary N) is 2. The smallest absolute Gasteiger partial charge is 0.279 e. The number of amidine groups is 1. The van der Waals surface area contributed by atoms with E-state index in [-0.39, 0.29) is 12.4 Å². The fourth-order valence-corrected chi connectivity index (χ4v) is 2.42. The predicted octanol–water partition coefficient (Wildman–Crippen LogP) is -0.121. The Morgan fingerprint density at radius 3 is 2.40 bits per heavy atom. The number of nitrogens with two attached hydrogens (primary N) is 1. The fourth-order valence-electron chi connectivity index (χ4n) is 1.05. The molecule has 0 radical (unpaired) electrons. The molecule has 0 amide bonds. The van der Waals surface area contributed by atoms with Crippen LogP contribution in [0.1, 0.15) is 26.7 Å². The van der Waals surface area contributed by atoms with Crippen LogP contribution in [0.25, 0.3) is 0 Å². The van der Waals surface area contributed by atoms with Gasteiger partial charge in [0.25, 0.3) is 10.2 Å². The van der Waals surface area contributed by atoms with E-state index in [4.69, 9.17) is 11.1 Å². The standard InChI is InChI=1S/C8H20N4O2S/c1-3-5-11-15(13,14)12(6-4-2)7-8(9)10/h11H,3-7H2,1-2H3,(H3,9,10). The zero-order valence-electron chi connectivity index (χ0n) is 9.28. The molecule has 0 spiro atoms. The molecule has 4 N–H and O–H groups in total. The lowest BCUT2D eigenvalue weighted by molar-refractivity contribution is 0.437. The lowest BCUT2D eigenvalue weighted by atomic mass is 10.4. The molecule has 0 aromatic carbocycles. The van der Waals surface area contributed by atoms with Crippen LogP contribution in [0.5, 0.6) is 0 Å². The Hall–Kier alpha value is -0.660. The number of nitrogens with zero attached hydrogens (tertiary/aromatic N) is 1. The summed E-state index contributed by atoms with van der Waals surface area (Å²) in [5.74, 6) is -0.148. The van der Waals surface area contributed by atoms with Crippen LogP contribution in [0.15, 0.2) is 0 Å². The van der Waals surface area contributed by atoms with Crippen LogP contribution in [-0.2, 0) is 10.2 Å². The van der Waals surface area contributed by atoms with Gasteiger partial charge in [-0.05, 0) is 12.8 Å². The Morgan fingerprint density at radius 2 is 2.00 bits per heavy atom. The average Bonchev–Trinajstić information content (AvgIpc) is 2.13. The maximum absolute atomic E-state index is 11.7. The van der Waals surface area contributed by atoms with Crippen LogP contribution >= 0.6 is 0 Å². The predicted molar refractivity (Wildman–Crippen MR) is 61.0 cm³/mol. The van der Waals surface area contributed by atoms with Crippen LogP contribution < -0.4 is 10.5 Å². The Kier molecular flexibility index (Phi) is 6.46. The van der Waals surface area contributed by atoms with Crippen molar-refractivity contribution >= 4 is 16.0 Å². The quantitative estimate of drug-likeness (QED) is 0.404. The van der Waals surface area contributed by atoms with Crippen LogP contribution in [0.3, 0.4) is 0 Å². The van der Waals surface area contributed by atoms with Gasteiger partial charge >= 0.3 is 0 Å². The van der Waals surface area contributed by atoms with Crippen LogP contribution in [-0.4, -0.2) is 38.2 Å². The molecule has 0 aliphatic heterocycles. The molecule has 7 heteroatoms. The molecule has 0 aliphatic carbocycles. The Balaban J connectivity index is 4.51. The molecule has 0 aromatic rings. The SMILES string of the molecule is CCCNS(=O)(=O)N(CCC)CC(=N)N. The molecule has 15 heavy (non-hydrogen) atoms. The summed E-state index contributed by atoms with van der Waals surface area (Å²) in [5.41, 5.74) is 5.20. The van der Waals surface area contributed by atoms with Gasteiger partial charge in [0.05, 0.1) is 6.54 Å². The van der Waals surface area contributed by atoms with E-state index in [1.807, 2.05) is 13.8 Å². The van der Waals surface area contributed by atoms with Crippen molar-refractivity contribution < 1.29 is 8.42 Å². The topological polar surface area (TPSA) is 99.3 Å². The molecule has 0 saturated heterocycles. The van der Waals surface area contributed by atoms with Crippen molar-refractivity contribution in [2.75, 3.05) is 19.6 Å². The summed E-state index contributed by atoms with van der Waals surface area (Å²) in [6.07, 6.45) is 1.43. The zero-order chi connectivity index (χ0) is 11.9. The first-order valence-corrected chi connectivity index (χ1v) is 6.45. The summed E-state index contributed by atoms with van der Waals surface area (Å²) in [6, 6.07) is 0. The third kappa shape index (κ3) is 5.71. The number of rotatable bonds is 8. The van der Waals surface area contributed by atoms with Gasteiger partial charge in [0.2, 0.25) is 0 Å². The van der Waals surface area contributed by atoms with E-state index in [1.165, 1.54) is 4.31 Å². The average molecular weight is 236 g/mol. The van der Waals surface area contributed by atoms with Gasteiger partial charge in [0, 0.05) is 13.1 Å². The first kappa shape index (κ1) is 14.3. The lowest BCUT2D eigenvalue weighted by Crippen LogP contribution is -2.45. The maximum atomic E-state index is 11.7. The van der Waals surface area contributed by atoms with Crippen LogP contribution in [0, 0.1) is 5.41 Å². The highest BCUT2D eigenvalue weighted by molar-refractivity contribution is 7.87. The highest BCUT2D eigenvalue weighted by Gasteiger charge is 2.20. The molecule has 0 heterocycles. The van der Waals surface area contributed by atoms with Gasteiger partial charge in [-0.25, -0.2) is 4.72 Å². The second-order valence-electron chi connectivity index (χ2n) is 3.26. The highest BCUT2D eigenvalue weighted by atomic mass is 32.2. The van der Waals surface area contributed by atoms with Gasteiger partial charge in [-0.3, -0.25) is 5.41 Å². The van der Waals surface area contributed by atoms with Crippen molar-refractivity contribution in [2.24, 2.45) is 5.73 Å². The monoisotopic (exact) mass is 236 g/mol. The molecule has 0 fully saturated rings. The molecule has 0 aliphatic rings. The van der Waals surface area contributed by atoms with Gasteiger partial charge in [0.1, 0.15) is 5.84 Å². The Morgan fingerprint density at radius 1 is 1.40 bits per heavy atom. The molecule has 6 nitrogen and oxygen atoms in total. The lowest BCUT2D eigenvalue weighted by Gasteiger charge is -2.20. The maximum Gasteiger partial charge on any atom is 0.279 e. The van der Waals surface area contributed by atoms with Crippen LogP contribution in [0.4, 0.5) is 0 Å². The zero-order valence-corrected chi connectivity index (χ0v) is 10.1. The Labute approximate surface area is 91.5 Å². The molecular weight excluding hydrogens is 216 g/mol. The third-order valence-electron chi connectivity index (χ3n) is 1.69. The van der Waals surface area contributed by atoms with E-state index in [0.29, 0.717) is 19.5 Å². The molecule has 90 valence electrons. The first-order valence-electron chi connectivity index (χ1n) is 5.01. The van der Waals surface area contributed by atoms with E-state index in [9.17, 15) is 8.42 Å². The van der Waals surface area contributed by atoms with Crippen LogP contribution in [0.2, 0.25) is 0 Å². The summed E-state index contributed by atoms with van der Waals surface area (Å²) in [7, 11) is -3.48. The second kappa shape index (κ2) is 6.76. The summed E-state index contributed by atoms with van der Waals surface area (Å²) in [5, 5.41) is 7.10. The minimum Gasteiger partial charge on any atom is -0.387 e. The number of hydrogen-bond acceptors (Lipinski definition) is 3. The van der Waals surface area contributed by atoms with Gasteiger partial charge < -0.3 is 5.73 Å². The largest absolute Gasteiger partial charge is 0.387 e. The molecule has 0 rings (SSSR count). The van der Waals surface area contributed by atoms with Crippen molar-refractivity contribution in [2.45, 2.75) is 26.7 Å². The van der Waals surface area contributed by atoms with Crippen molar-refractivity contribution in [1.82, 2.24) is 9.03 Å². The van der Waals surface area contributed by atoms with Gasteiger partial charge in [0.15, 0.2) is 0 Å². The minimum absolute atomic E-state index is 0.0487. The second-order valence-corrected chi connectivity index (χ2v) is 5.01. The van der Waals surface area contributed by atoms with E-state index >= 15 is 0 Å². The molecule has 0 atom stereocenters. The molecule has 0 unspecified atom stereocenters. The summed E-state index contributed by atoms with van der Waals surface area (Å²) in [4.78, 5) is 0. The van der Waals surface area contributed by atoms with E-state index < -0.39 is 10.2 Å². The first-order chi connectivity index (χ1) is 6.94. The normalized spacial score (nSPS) is 11.9. The van der Waals surface area contributed by atoms with E-state index in [1.54, 1.807) is 0 Å². The number of hydrogen-bond donors (Lipinski definition) is 3. The van der Waals surface area contributed by atoms with Crippen molar-refractivity contribution in [1.29, 1.82) is 5.41 Å². The fraction of sp³-hybridized carbons (Fsp3) is 0.875. The van der Waals surface area contributed by atoms with Gasteiger partial charge in [-0.2, -0.15) is 12.7 Å². The van der Waals surface area contributed by atoms with Crippen molar-refractivity contribution in [3.63, 3.8) is 0 Å².